The number of hydrogen-bond acceptors (Lipinski definition) is 7. The van der Waals surface area contributed by atoms with Crippen LogP contribution < -0.4 is 10.2 Å². The largest absolute Gasteiger partial charge is 0.456 e. The number of likely N-dealkylation sites (N-methyl/N-ethyl adjacent to an activating group) is 1. The summed E-state index contributed by atoms with van der Waals surface area (Å²) in [6.07, 6.45) is 4.35. The van der Waals surface area contributed by atoms with Crippen LogP contribution in [0.4, 0.5) is 11.6 Å². The number of carbonyl (C=O) groups excluding carboxylic acids is 3. The Bertz CT molecular complexity index is 778. The molecule has 1 aromatic heterocycles. The molecule has 2 rings (SSSR count). The van der Waals surface area contributed by atoms with Crippen molar-refractivity contribution in [3.63, 3.8) is 0 Å². The molecule has 27 heavy (non-hydrogen) atoms. The number of Topliss-reactive ketones (excluding diaryl/α,β-unsaturated/α-hetero) is 1. The van der Waals surface area contributed by atoms with Crippen LogP contribution in [0.15, 0.2) is 42.7 Å². The molecule has 1 aromatic carbocycles. The predicted octanol–water partition coefficient (Wildman–Crippen LogP) is 2.08. The molecule has 142 valence electrons. The zero-order valence-corrected chi connectivity index (χ0v) is 15.3. The first kappa shape index (κ1) is 20.0. The molecule has 0 atom stereocenters. The second kappa shape index (κ2) is 10.0. The number of rotatable bonds is 9. The Balaban J connectivity index is 1.81. The topological polar surface area (TPSA) is 101 Å². The molecule has 1 heterocycles. The Morgan fingerprint density at radius 2 is 1.78 bits per heavy atom. The van der Waals surface area contributed by atoms with E-state index in [2.05, 4.69) is 15.3 Å². The molecular weight excluding hydrogens is 348 g/mol. The van der Waals surface area contributed by atoms with Crippen LogP contribution in [0.25, 0.3) is 0 Å². The van der Waals surface area contributed by atoms with E-state index in [-0.39, 0.29) is 24.8 Å². The predicted molar refractivity (Wildman–Crippen MR) is 101 cm³/mol. The Morgan fingerprint density at radius 3 is 2.41 bits per heavy atom. The molecular formula is C19H22N4O4. The summed E-state index contributed by atoms with van der Waals surface area (Å²) in [6.45, 7) is 1.50. The summed E-state index contributed by atoms with van der Waals surface area (Å²) in [5, 5.41) is 2.74. The number of hydrogen-bond donors (Lipinski definition) is 1. The van der Waals surface area contributed by atoms with Gasteiger partial charge in [0.2, 0.25) is 11.9 Å². The van der Waals surface area contributed by atoms with Gasteiger partial charge in [-0.05, 0) is 36.8 Å². The highest BCUT2D eigenvalue weighted by Gasteiger charge is 2.13. The second-order valence-corrected chi connectivity index (χ2v) is 5.86. The molecule has 0 saturated carbocycles. The molecule has 0 aliphatic heterocycles. The number of benzene rings is 1. The third-order valence-electron chi connectivity index (χ3n) is 3.59. The lowest BCUT2D eigenvalue weighted by Crippen LogP contribution is -2.29. The fourth-order valence-corrected chi connectivity index (χ4v) is 2.22. The van der Waals surface area contributed by atoms with E-state index in [0.29, 0.717) is 23.6 Å². The van der Waals surface area contributed by atoms with Crippen LogP contribution in [0, 0.1) is 0 Å². The molecule has 0 aliphatic rings. The molecule has 8 nitrogen and oxygen atoms in total. The highest BCUT2D eigenvalue weighted by molar-refractivity contribution is 5.99. The van der Waals surface area contributed by atoms with E-state index in [4.69, 9.17) is 4.74 Å². The number of nitrogens with zero attached hydrogens (tertiary/aromatic N) is 3. The van der Waals surface area contributed by atoms with Crippen LogP contribution in [0.5, 0.6) is 0 Å². The van der Waals surface area contributed by atoms with Crippen molar-refractivity contribution in [3.8, 4) is 0 Å². The van der Waals surface area contributed by atoms with E-state index in [9.17, 15) is 14.4 Å². The average molecular weight is 370 g/mol. The summed E-state index contributed by atoms with van der Waals surface area (Å²) in [7, 11) is 1.66. The van der Waals surface area contributed by atoms with E-state index in [1.807, 2.05) is 6.92 Å². The maximum atomic E-state index is 12.1. The smallest absolute Gasteiger partial charge is 0.326 e. The van der Waals surface area contributed by atoms with Gasteiger partial charge in [0.25, 0.3) is 0 Å². The van der Waals surface area contributed by atoms with Gasteiger partial charge in [-0.1, -0.05) is 6.92 Å². The number of amides is 1. The van der Waals surface area contributed by atoms with Gasteiger partial charge in [-0.15, -0.1) is 0 Å². The Hall–Kier alpha value is -3.29. The molecule has 0 unspecified atom stereocenters. The minimum atomic E-state index is -0.554. The summed E-state index contributed by atoms with van der Waals surface area (Å²) < 4.78 is 5.02. The first-order valence-corrected chi connectivity index (χ1v) is 8.56. The number of nitrogens with one attached hydrogen (secondary N) is 1. The summed E-state index contributed by atoms with van der Waals surface area (Å²) in [5.41, 5.74) is 1.02. The summed E-state index contributed by atoms with van der Waals surface area (Å²) in [4.78, 5) is 45.1. The number of esters is 1. The minimum absolute atomic E-state index is 0.0698. The quantitative estimate of drug-likeness (QED) is 0.532. The maximum absolute atomic E-state index is 12.1. The first-order valence-electron chi connectivity index (χ1n) is 8.56. The Morgan fingerprint density at radius 1 is 1.11 bits per heavy atom. The lowest BCUT2D eigenvalue weighted by Gasteiger charge is -2.15. The van der Waals surface area contributed by atoms with E-state index >= 15 is 0 Å². The molecule has 0 radical (unpaired) electrons. The Labute approximate surface area is 157 Å². The van der Waals surface area contributed by atoms with E-state index in [1.165, 1.54) is 4.90 Å². The second-order valence-electron chi connectivity index (χ2n) is 5.86. The van der Waals surface area contributed by atoms with Crippen molar-refractivity contribution in [3.05, 3.63) is 48.3 Å². The lowest BCUT2D eigenvalue weighted by molar-refractivity contribution is -0.140. The molecule has 0 fully saturated rings. The standard InChI is InChI=1S/C19H22N4O4/c1-3-5-17(25)22-15-8-6-14(7-9-15)16(24)13-27-18(26)12-23(2)19-20-10-4-11-21-19/h4,6-11H,3,5,12-13H2,1-2H3,(H,22,25). The van der Waals surface area contributed by atoms with Crippen molar-refractivity contribution < 1.29 is 19.1 Å². The number of ketones is 1. The molecule has 0 bridgehead atoms. The molecule has 1 N–H and O–H groups in total. The maximum Gasteiger partial charge on any atom is 0.326 e. The van der Waals surface area contributed by atoms with Crippen molar-refractivity contribution in [2.24, 2.45) is 0 Å². The minimum Gasteiger partial charge on any atom is -0.456 e. The first-order chi connectivity index (χ1) is 13.0. The van der Waals surface area contributed by atoms with Gasteiger partial charge >= 0.3 is 5.97 Å². The van der Waals surface area contributed by atoms with Crippen molar-refractivity contribution in [2.45, 2.75) is 19.8 Å². The van der Waals surface area contributed by atoms with Gasteiger partial charge < -0.3 is 15.0 Å². The van der Waals surface area contributed by atoms with Crippen molar-refractivity contribution >= 4 is 29.3 Å². The average Bonchev–Trinajstić information content (AvgIpc) is 2.67. The summed E-state index contributed by atoms with van der Waals surface area (Å²) >= 11 is 0. The van der Waals surface area contributed by atoms with Crippen molar-refractivity contribution in [1.29, 1.82) is 0 Å². The van der Waals surface area contributed by atoms with Crippen LogP contribution in [0.1, 0.15) is 30.1 Å². The van der Waals surface area contributed by atoms with E-state index in [0.717, 1.165) is 6.42 Å². The summed E-state index contributed by atoms with van der Waals surface area (Å²) in [6, 6.07) is 8.13. The highest BCUT2D eigenvalue weighted by Crippen LogP contribution is 2.11. The lowest BCUT2D eigenvalue weighted by atomic mass is 10.1. The molecule has 8 heteroatoms. The van der Waals surface area contributed by atoms with Gasteiger partial charge in [0.05, 0.1) is 0 Å². The molecule has 2 aromatic rings. The van der Waals surface area contributed by atoms with Crippen LogP contribution >= 0.6 is 0 Å². The SMILES string of the molecule is CCCC(=O)Nc1ccc(C(=O)COC(=O)CN(C)c2ncccn2)cc1. The van der Waals surface area contributed by atoms with Gasteiger partial charge in [-0.2, -0.15) is 0 Å². The fraction of sp³-hybridized carbons (Fsp3) is 0.316. The van der Waals surface area contributed by atoms with Crippen LogP contribution in [-0.2, 0) is 14.3 Å². The van der Waals surface area contributed by atoms with Gasteiger partial charge in [0.1, 0.15) is 6.54 Å². The third-order valence-corrected chi connectivity index (χ3v) is 3.59. The number of aromatic nitrogens is 2. The van der Waals surface area contributed by atoms with E-state index < -0.39 is 5.97 Å². The van der Waals surface area contributed by atoms with Gasteiger partial charge in [-0.3, -0.25) is 14.4 Å². The normalized spacial score (nSPS) is 10.1. The van der Waals surface area contributed by atoms with Crippen molar-refractivity contribution in [1.82, 2.24) is 9.97 Å². The van der Waals surface area contributed by atoms with Gasteiger partial charge in [-0.25, -0.2) is 9.97 Å². The number of anilines is 2. The monoisotopic (exact) mass is 370 g/mol. The van der Waals surface area contributed by atoms with Crippen LogP contribution in [0.2, 0.25) is 0 Å². The van der Waals surface area contributed by atoms with Crippen LogP contribution in [0.3, 0.4) is 0 Å². The van der Waals surface area contributed by atoms with E-state index in [1.54, 1.807) is 49.8 Å². The molecule has 0 spiro atoms. The zero-order valence-electron chi connectivity index (χ0n) is 15.3. The molecule has 1 amide bonds. The third kappa shape index (κ3) is 6.50. The molecule has 0 aliphatic carbocycles. The Kier molecular flexibility index (Phi) is 7.42. The summed E-state index contributed by atoms with van der Waals surface area (Å²) in [5.74, 6) is -0.561. The zero-order chi connectivity index (χ0) is 19.6. The number of carbonyl (C=O) groups is 3. The highest BCUT2D eigenvalue weighted by atomic mass is 16.5. The van der Waals surface area contributed by atoms with Crippen LogP contribution in [-0.4, -0.2) is 47.8 Å². The molecule has 0 saturated heterocycles. The van der Waals surface area contributed by atoms with Gasteiger partial charge in [0, 0.05) is 37.1 Å². The van der Waals surface area contributed by atoms with Crippen molar-refractivity contribution in [2.75, 3.05) is 30.4 Å². The number of ether oxygens (including phenoxy) is 1. The van der Waals surface area contributed by atoms with Gasteiger partial charge in [0.15, 0.2) is 12.4 Å². The fourth-order valence-electron chi connectivity index (χ4n) is 2.22.